The Balaban J connectivity index is 2.45. The summed E-state index contributed by atoms with van der Waals surface area (Å²) in [5, 5.41) is 3.27. The van der Waals surface area contributed by atoms with E-state index in [4.69, 9.17) is 4.42 Å². The van der Waals surface area contributed by atoms with E-state index < -0.39 is 0 Å². The molecule has 0 aliphatic heterocycles. The van der Waals surface area contributed by atoms with Crippen molar-refractivity contribution in [3.05, 3.63) is 58.0 Å². The van der Waals surface area contributed by atoms with Crippen molar-refractivity contribution in [1.82, 2.24) is 5.32 Å². The molecule has 0 aliphatic rings. The van der Waals surface area contributed by atoms with Crippen LogP contribution < -0.4 is 5.32 Å². The number of rotatable bonds is 3. The van der Waals surface area contributed by atoms with Crippen LogP contribution in [0.2, 0.25) is 0 Å². The van der Waals surface area contributed by atoms with Crippen molar-refractivity contribution >= 4 is 15.9 Å². The quantitative estimate of drug-likeness (QED) is 0.928. The van der Waals surface area contributed by atoms with Crippen LogP contribution in [0.25, 0.3) is 0 Å². The Bertz CT molecular complexity index is 465. The first-order valence-corrected chi connectivity index (χ1v) is 5.99. The molecule has 0 aliphatic carbocycles. The van der Waals surface area contributed by atoms with Crippen LogP contribution in [0, 0.1) is 6.92 Å². The lowest BCUT2D eigenvalue weighted by atomic mass is 10.0. The van der Waals surface area contributed by atoms with Crippen molar-refractivity contribution in [2.24, 2.45) is 0 Å². The Labute approximate surface area is 104 Å². The first-order valence-electron chi connectivity index (χ1n) is 5.19. The van der Waals surface area contributed by atoms with Gasteiger partial charge in [0.05, 0.1) is 12.3 Å². The standard InChI is InChI=1S/C13H14BrNO/c1-9-5-3-6-10(12(9)14)13(15-2)11-7-4-8-16-11/h3-8,13,15H,1-2H3. The lowest BCUT2D eigenvalue weighted by molar-refractivity contribution is 0.462. The van der Waals surface area contributed by atoms with Gasteiger partial charge in [-0.05, 0) is 37.2 Å². The zero-order chi connectivity index (χ0) is 11.5. The highest BCUT2D eigenvalue weighted by molar-refractivity contribution is 9.10. The molecule has 3 heteroatoms. The van der Waals surface area contributed by atoms with Crippen molar-refractivity contribution < 1.29 is 4.42 Å². The fraction of sp³-hybridized carbons (Fsp3) is 0.231. The van der Waals surface area contributed by atoms with Crippen LogP contribution in [0.5, 0.6) is 0 Å². The minimum atomic E-state index is 0.0873. The molecule has 0 fully saturated rings. The zero-order valence-electron chi connectivity index (χ0n) is 9.33. The monoisotopic (exact) mass is 279 g/mol. The van der Waals surface area contributed by atoms with Crippen molar-refractivity contribution in [3.63, 3.8) is 0 Å². The fourth-order valence-electron chi connectivity index (χ4n) is 1.80. The number of nitrogens with one attached hydrogen (secondary N) is 1. The Hall–Kier alpha value is -1.06. The van der Waals surface area contributed by atoms with E-state index in [1.165, 1.54) is 11.1 Å². The lowest BCUT2D eigenvalue weighted by Gasteiger charge is -2.16. The molecule has 1 atom stereocenters. The van der Waals surface area contributed by atoms with Gasteiger partial charge in [-0.2, -0.15) is 0 Å². The number of hydrogen-bond acceptors (Lipinski definition) is 2. The SMILES string of the molecule is CNC(c1ccco1)c1cccc(C)c1Br. The molecule has 2 nitrogen and oxygen atoms in total. The smallest absolute Gasteiger partial charge is 0.125 e. The normalized spacial score (nSPS) is 12.7. The van der Waals surface area contributed by atoms with E-state index >= 15 is 0 Å². The zero-order valence-corrected chi connectivity index (χ0v) is 10.9. The van der Waals surface area contributed by atoms with Crippen molar-refractivity contribution in [1.29, 1.82) is 0 Å². The molecule has 0 spiro atoms. The highest BCUT2D eigenvalue weighted by Gasteiger charge is 2.17. The number of benzene rings is 1. The summed E-state index contributed by atoms with van der Waals surface area (Å²) in [6, 6.07) is 10.2. The predicted molar refractivity (Wildman–Crippen MR) is 68.5 cm³/mol. The maximum atomic E-state index is 5.45. The predicted octanol–water partition coefficient (Wildman–Crippen LogP) is 3.66. The van der Waals surface area contributed by atoms with Crippen molar-refractivity contribution in [2.75, 3.05) is 7.05 Å². The Kier molecular flexibility index (Phi) is 3.46. The molecule has 1 N–H and O–H groups in total. The highest BCUT2D eigenvalue weighted by Crippen LogP contribution is 2.30. The Morgan fingerprint density at radius 1 is 1.25 bits per heavy atom. The number of aryl methyl sites for hydroxylation is 1. The van der Waals surface area contributed by atoms with E-state index in [-0.39, 0.29) is 6.04 Å². The second-order valence-electron chi connectivity index (χ2n) is 3.72. The van der Waals surface area contributed by atoms with Crippen LogP contribution in [0.1, 0.15) is 22.9 Å². The third kappa shape index (κ3) is 2.06. The van der Waals surface area contributed by atoms with Gasteiger partial charge >= 0.3 is 0 Å². The molecule has 0 bridgehead atoms. The topological polar surface area (TPSA) is 25.2 Å². The maximum absolute atomic E-state index is 5.45. The van der Waals surface area contributed by atoms with Crippen LogP contribution in [0.3, 0.4) is 0 Å². The lowest BCUT2D eigenvalue weighted by Crippen LogP contribution is -2.17. The van der Waals surface area contributed by atoms with Gasteiger partial charge in [0.25, 0.3) is 0 Å². The van der Waals surface area contributed by atoms with Crippen molar-refractivity contribution in [2.45, 2.75) is 13.0 Å². The average Bonchev–Trinajstić information content (AvgIpc) is 2.79. The van der Waals surface area contributed by atoms with Crippen LogP contribution in [-0.2, 0) is 0 Å². The van der Waals surface area contributed by atoms with Crippen LogP contribution in [0.15, 0.2) is 45.5 Å². The molecular weight excluding hydrogens is 266 g/mol. The first-order chi connectivity index (χ1) is 7.74. The van der Waals surface area contributed by atoms with E-state index in [9.17, 15) is 0 Å². The minimum Gasteiger partial charge on any atom is -0.467 e. The van der Waals surface area contributed by atoms with Crippen molar-refractivity contribution in [3.8, 4) is 0 Å². The first kappa shape index (κ1) is 11.4. The minimum absolute atomic E-state index is 0.0873. The summed E-state index contributed by atoms with van der Waals surface area (Å²) in [6.07, 6.45) is 1.70. The number of halogens is 1. The van der Waals surface area contributed by atoms with Gasteiger partial charge in [-0.15, -0.1) is 0 Å². The average molecular weight is 280 g/mol. The molecule has 16 heavy (non-hydrogen) atoms. The van der Waals surface area contributed by atoms with Gasteiger partial charge < -0.3 is 9.73 Å². The molecule has 0 radical (unpaired) electrons. The van der Waals surface area contributed by atoms with Gasteiger partial charge in [0, 0.05) is 4.47 Å². The van der Waals surface area contributed by atoms with Gasteiger partial charge in [-0.1, -0.05) is 34.1 Å². The summed E-state index contributed by atoms with van der Waals surface area (Å²) in [4.78, 5) is 0. The number of hydrogen-bond donors (Lipinski definition) is 1. The molecule has 1 heterocycles. The summed E-state index contributed by atoms with van der Waals surface area (Å²) in [6.45, 7) is 2.09. The molecular formula is C13H14BrNO. The summed E-state index contributed by atoms with van der Waals surface area (Å²) >= 11 is 3.63. The second-order valence-corrected chi connectivity index (χ2v) is 4.51. The van der Waals surface area contributed by atoms with E-state index in [0.717, 1.165) is 10.2 Å². The van der Waals surface area contributed by atoms with E-state index in [2.05, 4.69) is 46.4 Å². The third-order valence-electron chi connectivity index (χ3n) is 2.65. The van der Waals surface area contributed by atoms with Gasteiger partial charge in [-0.3, -0.25) is 0 Å². The summed E-state index contributed by atoms with van der Waals surface area (Å²) in [5.74, 6) is 0.925. The molecule has 0 saturated carbocycles. The van der Waals surface area contributed by atoms with Gasteiger partial charge in [0.15, 0.2) is 0 Å². The van der Waals surface area contributed by atoms with E-state index in [1.807, 2.05) is 19.2 Å². The molecule has 2 rings (SSSR count). The maximum Gasteiger partial charge on any atom is 0.125 e. The molecule has 1 unspecified atom stereocenters. The Morgan fingerprint density at radius 2 is 2.06 bits per heavy atom. The molecule has 0 amide bonds. The summed E-state index contributed by atoms with van der Waals surface area (Å²) < 4.78 is 6.58. The van der Waals surface area contributed by atoms with Crippen LogP contribution in [-0.4, -0.2) is 7.05 Å². The largest absolute Gasteiger partial charge is 0.467 e. The van der Waals surface area contributed by atoms with Gasteiger partial charge in [0.1, 0.15) is 5.76 Å². The van der Waals surface area contributed by atoms with E-state index in [0.29, 0.717) is 0 Å². The third-order valence-corrected chi connectivity index (χ3v) is 3.73. The van der Waals surface area contributed by atoms with Crippen LogP contribution >= 0.6 is 15.9 Å². The molecule has 84 valence electrons. The fourth-order valence-corrected chi connectivity index (χ4v) is 2.29. The van der Waals surface area contributed by atoms with Crippen LogP contribution in [0.4, 0.5) is 0 Å². The van der Waals surface area contributed by atoms with Gasteiger partial charge in [0.2, 0.25) is 0 Å². The summed E-state index contributed by atoms with van der Waals surface area (Å²) in [5.41, 5.74) is 2.42. The molecule has 0 saturated heterocycles. The second kappa shape index (κ2) is 4.85. The summed E-state index contributed by atoms with van der Waals surface area (Å²) in [7, 11) is 1.93. The molecule has 2 aromatic rings. The van der Waals surface area contributed by atoms with Gasteiger partial charge in [-0.25, -0.2) is 0 Å². The Morgan fingerprint density at radius 3 is 2.69 bits per heavy atom. The van der Waals surface area contributed by atoms with E-state index in [1.54, 1.807) is 6.26 Å². The molecule has 1 aromatic heterocycles. The molecule has 1 aromatic carbocycles. The highest BCUT2D eigenvalue weighted by atomic mass is 79.9. The number of furan rings is 1.